The number of ether oxygens (including phenoxy) is 2. The fourth-order valence-electron chi connectivity index (χ4n) is 4.40. The topological polar surface area (TPSA) is 62.3 Å². The average molecular weight is 450 g/mol. The number of carbonyl (C=O) groups is 2. The Kier molecular flexibility index (Phi) is 6.87. The fourth-order valence-corrected chi connectivity index (χ4v) is 4.40. The van der Waals surface area contributed by atoms with Crippen molar-refractivity contribution >= 4 is 23.1 Å². The Hall–Kier alpha value is -3.48. The van der Waals surface area contributed by atoms with E-state index in [-0.39, 0.29) is 11.8 Å². The number of amides is 2. The van der Waals surface area contributed by atoms with Gasteiger partial charge in [0, 0.05) is 32.7 Å². The summed E-state index contributed by atoms with van der Waals surface area (Å²) in [5.41, 5.74) is 2.77. The number of rotatable bonds is 8. The predicted octanol–water partition coefficient (Wildman–Crippen LogP) is 3.41. The lowest BCUT2D eigenvalue weighted by atomic mass is 10.0. The van der Waals surface area contributed by atoms with Crippen LogP contribution in [0.5, 0.6) is 11.5 Å². The lowest BCUT2D eigenvalue weighted by Gasteiger charge is -2.38. The van der Waals surface area contributed by atoms with Crippen molar-refractivity contribution in [2.24, 2.45) is 0 Å². The molecular weight excluding hydrogens is 418 g/mol. The van der Waals surface area contributed by atoms with Gasteiger partial charge in [0.25, 0.3) is 11.8 Å². The second kappa shape index (κ2) is 9.98. The molecule has 0 aliphatic carbocycles. The van der Waals surface area contributed by atoms with Crippen LogP contribution in [0.2, 0.25) is 0 Å². The van der Waals surface area contributed by atoms with Crippen LogP contribution >= 0.6 is 0 Å². The van der Waals surface area contributed by atoms with Gasteiger partial charge in [0.1, 0.15) is 17.2 Å². The Balaban J connectivity index is 1.60. The van der Waals surface area contributed by atoms with Gasteiger partial charge >= 0.3 is 0 Å². The number of likely N-dealkylation sites (N-methyl/N-ethyl adjacent to an activating group) is 1. The molecule has 0 radical (unpaired) electrons. The van der Waals surface area contributed by atoms with Gasteiger partial charge in [0.05, 0.1) is 25.0 Å². The standard InChI is InChI=1S/C26H31N3O4/c1-4-18-33-20-12-10-19(11-13-20)23-24(26(31)29(5-2)25(23)30)28-16-14-27(15-17-28)21-8-6-7-9-22(21)32-3/h6-13H,4-5,14-18H2,1-3H3. The molecule has 2 aliphatic heterocycles. The Morgan fingerprint density at radius 3 is 2.15 bits per heavy atom. The van der Waals surface area contributed by atoms with E-state index in [2.05, 4.69) is 16.7 Å². The lowest BCUT2D eigenvalue weighted by Crippen LogP contribution is -2.47. The molecule has 174 valence electrons. The predicted molar refractivity (Wildman–Crippen MR) is 128 cm³/mol. The minimum atomic E-state index is -0.230. The molecule has 0 atom stereocenters. The molecule has 7 nitrogen and oxygen atoms in total. The number of benzene rings is 2. The first-order valence-electron chi connectivity index (χ1n) is 11.6. The van der Waals surface area contributed by atoms with E-state index in [4.69, 9.17) is 9.47 Å². The lowest BCUT2D eigenvalue weighted by molar-refractivity contribution is -0.137. The van der Waals surface area contributed by atoms with Crippen LogP contribution in [0.1, 0.15) is 25.8 Å². The molecule has 0 N–H and O–H groups in total. The summed E-state index contributed by atoms with van der Waals surface area (Å²) >= 11 is 0. The van der Waals surface area contributed by atoms with Crippen LogP contribution in [0.25, 0.3) is 5.57 Å². The van der Waals surface area contributed by atoms with E-state index < -0.39 is 0 Å². The van der Waals surface area contributed by atoms with Crippen molar-refractivity contribution in [3.05, 3.63) is 59.8 Å². The largest absolute Gasteiger partial charge is 0.495 e. The highest BCUT2D eigenvalue weighted by Gasteiger charge is 2.41. The molecule has 0 bridgehead atoms. The minimum Gasteiger partial charge on any atom is -0.495 e. The first-order valence-corrected chi connectivity index (χ1v) is 11.6. The maximum Gasteiger partial charge on any atom is 0.277 e. The third-order valence-corrected chi connectivity index (χ3v) is 6.10. The molecule has 2 heterocycles. The van der Waals surface area contributed by atoms with Gasteiger partial charge in [-0.3, -0.25) is 14.5 Å². The van der Waals surface area contributed by atoms with Gasteiger partial charge in [-0.25, -0.2) is 0 Å². The molecule has 33 heavy (non-hydrogen) atoms. The van der Waals surface area contributed by atoms with Gasteiger partial charge in [0.15, 0.2) is 0 Å². The highest BCUT2D eigenvalue weighted by Crippen LogP contribution is 2.34. The summed E-state index contributed by atoms with van der Waals surface area (Å²) < 4.78 is 11.2. The monoisotopic (exact) mass is 449 g/mol. The summed E-state index contributed by atoms with van der Waals surface area (Å²) in [6.45, 7) is 7.63. The van der Waals surface area contributed by atoms with E-state index in [1.54, 1.807) is 7.11 Å². The van der Waals surface area contributed by atoms with Crippen LogP contribution in [0.4, 0.5) is 5.69 Å². The maximum absolute atomic E-state index is 13.2. The second-order valence-electron chi connectivity index (χ2n) is 8.10. The number of methoxy groups -OCH3 is 1. The van der Waals surface area contributed by atoms with Gasteiger partial charge in [-0.1, -0.05) is 31.2 Å². The van der Waals surface area contributed by atoms with Crippen molar-refractivity contribution in [1.29, 1.82) is 0 Å². The number of nitrogens with zero attached hydrogens (tertiary/aromatic N) is 3. The van der Waals surface area contributed by atoms with Crippen molar-refractivity contribution in [2.45, 2.75) is 20.3 Å². The Bertz CT molecular complexity index is 1040. The maximum atomic E-state index is 13.2. The summed E-state index contributed by atoms with van der Waals surface area (Å²) in [6, 6.07) is 15.4. The third-order valence-electron chi connectivity index (χ3n) is 6.10. The highest BCUT2D eigenvalue weighted by atomic mass is 16.5. The number of anilines is 1. The van der Waals surface area contributed by atoms with Gasteiger partial charge in [-0.05, 0) is 43.2 Å². The minimum absolute atomic E-state index is 0.213. The zero-order valence-corrected chi connectivity index (χ0v) is 19.5. The molecule has 4 rings (SSSR count). The van der Waals surface area contributed by atoms with Crippen molar-refractivity contribution in [3.63, 3.8) is 0 Å². The number of imide groups is 1. The molecular formula is C26H31N3O4. The van der Waals surface area contributed by atoms with Crippen LogP contribution in [0.15, 0.2) is 54.2 Å². The first-order chi connectivity index (χ1) is 16.1. The molecule has 0 aromatic heterocycles. The van der Waals surface area contributed by atoms with Gasteiger partial charge in [0.2, 0.25) is 0 Å². The molecule has 7 heteroatoms. The zero-order chi connectivity index (χ0) is 23.4. The smallest absolute Gasteiger partial charge is 0.277 e. The molecule has 1 fully saturated rings. The van der Waals surface area contributed by atoms with Crippen molar-refractivity contribution in [2.75, 3.05) is 51.3 Å². The molecule has 0 saturated carbocycles. The van der Waals surface area contributed by atoms with Gasteiger partial charge in [-0.2, -0.15) is 0 Å². The molecule has 2 amide bonds. The van der Waals surface area contributed by atoms with E-state index in [0.29, 0.717) is 37.5 Å². The normalized spacial score (nSPS) is 16.6. The number of carbonyl (C=O) groups excluding carboxylic acids is 2. The summed E-state index contributed by atoms with van der Waals surface area (Å²) in [5.74, 6) is 1.15. The fraction of sp³-hybridized carbons (Fsp3) is 0.385. The molecule has 0 unspecified atom stereocenters. The first kappa shape index (κ1) is 22.7. The van der Waals surface area contributed by atoms with Crippen molar-refractivity contribution in [1.82, 2.24) is 9.80 Å². The highest BCUT2D eigenvalue weighted by molar-refractivity contribution is 6.35. The Morgan fingerprint density at radius 1 is 0.848 bits per heavy atom. The number of piperazine rings is 1. The van der Waals surface area contributed by atoms with Crippen LogP contribution in [0.3, 0.4) is 0 Å². The Morgan fingerprint density at radius 2 is 1.52 bits per heavy atom. The number of hydrogen-bond donors (Lipinski definition) is 0. The SMILES string of the molecule is CCCOc1ccc(C2=C(N3CCN(c4ccccc4OC)CC3)C(=O)N(CC)C2=O)cc1. The molecule has 2 aliphatic rings. The van der Waals surface area contributed by atoms with E-state index in [1.807, 2.05) is 55.5 Å². The van der Waals surface area contributed by atoms with E-state index in [0.717, 1.165) is 42.3 Å². The third kappa shape index (κ3) is 4.40. The van der Waals surface area contributed by atoms with Crippen LogP contribution in [0, 0.1) is 0 Å². The summed E-state index contributed by atoms with van der Waals surface area (Å²) in [7, 11) is 1.67. The molecule has 2 aromatic rings. The zero-order valence-electron chi connectivity index (χ0n) is 19.5. The van der Waals surface area contributed by atoms with E-state index in [9.17, 15) is 9.59 Å². The quantitative estimate of drug-likeness (QED) is 0.576. The summed E-state index contributed by atoms with van der Waals surface area (Å²) in [6.07, 6.45) is 0.927. The summed E-state index contributed by atoms with van der Waals surface area (Å²) in [4.78, 5) is 32.1. The van der Waals surface area contributed by atoms with Crippen LogP contribution < -0.4 is 14.4 Å². The second-order valence-corrected chi connectivity index (χ2v) is 8.10. The molecule has 0 spiro atoms. The molecule has 2 aromatic carbocycles. The van der Waals surface area contributed by atoms with Crippen molar-refractivity contribution in [3.8, 4) is 11.5 Å². The number of hydrogen-bond acceptors (Lipinski definition) is 6. The van der Waals surface area contributed by atoms with Crippen LogP contribution in [-0.2, 0) is 9.59 Å². The number of para-hydroxylation sites is 2. The Labute approximate surface area is 195 Å². The average Bonchev–Trinajstić information content (AvgIpc) is 3.12. The molecule has 1 saturated heterocycles. The van der Waals surface area contributed by atoms with E-state index in [1.165, 1.54) is 4.90 Å². The summed E-state index contributed by atoms with van der Waals surface area (Å²) in [5, 5.41) is 0. The van der Waals surface area contributed by atoms with E-state index >= 15 is 0 Å². The van der Waals surface area contributed by atoms with Gasteiger partial charge in [-0.15, -0.1) is 0 Å². The van der Waals surface area contributed by atoms with Crippen molar-refractivity contribution < 1.29 is 19.1 Å². The van der Waals surface area contributed by atoms with Crippen LogP contribution in [-0.4, -0.2) is 68.1 Å². The van der Waals surface area contributed by atoms with Gasteiger partial charge < -0.3 is 19.3 Å².